The van der Waals surface area contributed by atoms with E-state index < -0.39 is 41.7 Å². The number of esters is 1. The van der Waals surface area contributed by atoms with Crippen molar-refractivity contribution in [1.82, 2.24) is 20.9 Å². The fourth-order valence-corrected chi connectivity index (χ4v) is 2.82. The van der Waals surface area contributed by atoms with Gasteiger partial charge in [-0.25, -0.2) is 0 Å². The molecule has 4 amide bonds. The largest absolute Gasteiger partial charge is 0.468 e. The van der Waals surface area contributed by atoms with Crippen LogP contribution in [0.25, 0.3) is 0 Å². The molecule has 0 saturated carbocycles. The number of ether oxygens (including phenoxy) is 1. The zero-order valence-corrected chi connectivity index (χ0v) is 16.0. The molecule has 1 aliphatic heterocycles. The van der Waals surface area contributed by atoms with Crippen molar-refractivity contribution in [3.05, 3.63) is 0 Å². The summed E-state index contributed by atoms with van der Waals surface area (Å²) in [5.74, 6) is -2.54. The van der Waals surface area contributed by atoms with Crippen LogP contribution in [-0.4, -0.2) is 79.6 Å². The van der Waals surface area contributed by atoms with Crippen LogP contribution in [0.2, 0.25) is 0 Å². The molecule has 0 bridgehead atoms. The molecule has 0 unspecified atom stereocenters. The van der Waals surface area contributed by atoms with Crippen molar-refractivity contribution in [1.29, 1.82) is 0 Å². The lowest BCUT2D eigenvalue weighted by Gasteiger charge is -2.24. The first kappa shape index (κ1) is 23.1. The van der Waals surface area contributed by atoms with E-state index in [4.69, 9.17) is 0 Å². The van der Waals surface area contributed by atoms with Gasteiger partial charge in [0.15, 0.2) is 0 Å². The van der Waals surface area contributed by atoms with Gasteiger partial charge in [0.05, 0.1) is 13.7 Å². The summed E-state index contributed by atoms with van der Waals surface area (Å²) in [6.07, 6.45) is 1.89. The van der Waals surface area contributed by atoms with Crippen molar-refractivity contribution < 1.29 is 33.5 Å². The molecule has 0 spiro atoms. The number of nitrogens with one attached hydrogen (secondary N) is 3. The molecule has 11 nitrogen and oxygen atoms in total. The van der Waals surface area contributed by atoms with Gasteiger partial charge < -0.3 is 30.4 Å². The maximum Gasteiger partial charge on any atom is 0.325 e. The molecule has 1 fully saturated rings. The van der Waals surface area contributed by atoms with Crippen LogP contribution in [0, 0.1) is 0 Å². The van der Waals surface area contributed by atoms with Crippen LogP contribution in [0.3, 0.4) is 0 Å². The Morgan fingerprint density at radius 3 is 2.50 bits per heavy atom. The lowest BCUT2D eigenvalue weighted by Crippen LogP contribution is -2.52. The van der Waals surface area contributed by atoms with Crippen molar-refractivity contribution in [2.24, 2.45) is 0 Å². The van der Waals surface area contributed by atoms with Crippen LogP contribution in [0.15, 0.2) is 0 Å². The first-order valence-electron chi connectivity index (χ1n) is 8.92. The Morgan fingerprint density at radius 1 is 1.18 bits per heavy atom. The topological polar surface area (TPSA) is 151 Å². The Hall–Kier alpha value is -2.98. The summed E-state index contributed by atoms with van der Waals surface area (Å²) in [6, 6.07) is -1.65. The Labute approximate surface area is 162 Å². The Kier molecular flexibility index (Phi) is 9.61. The van der Waals surface area contributed by atoms with Gasteiger partial charge >= 0.3 is 5.97 Å². The first-order chi connectivity index (χ1) is 13.3. The summed E-state index contributed by atoms with van der Waals surface area (Å²) in [4.78, 5) is 70.9. The normalized spacial score (nSPS) is 16.6. The SMILES string of the molecule is COC(=O)CNC(=O)[C@@H]1CCCN1C(=O)CNC(=O)[C@H](CCC=O)NC(C)=O. The lowest BCUT2D eigenvalue weighted by molar-refractivity contribution is -0.143. The monoisotopic (exact) mass is 398 g/mol. The highest BCUT2D eigenvalue weighted by Gasteiger charge is 2.34. The Morgan fingerprint density at radius 2 is 1.89 bits per heavy atom. The molecular formula is C17H26N4O7. The van der Waals surface area contributed by atoms with Crippen molar-refractivity contribution >= 4 is 35.9 Å². The molecule has 1 heterocycles. The van der Waals surface area contributed by atoms with Gasteiger partial charge in [0.25, 0.3) is 0 Å². The maximum absolute atomic E-state index is 12.4. The predicted molar refractivity (Wildman–Crippen MR) is 95.7 cm³/mol. The highest BCUT2D eigenvalue weighted by Crippen LogP contribution is 2.17. The molecule has 156 valence electrons. The summed E-state index contributed by atoms with van der Waals surface area (Å²) in [5.41, 5.74) is 0. The molecule has 11 heteroatoms. The number of nitrogens with zero attached hydrogens (tertiary/aromatic N) is 1. The van der Waals surface area contributed by atoms with Gasteiger partial charge in [-0.05, 0) is 19.3 Å². The van der Waals surface area contributed by atoms with Crippen molar-refractivity contribution in [3.8, 4) is 0 Å². The van der Waals surface area contributed by atoms with Crippen LogP contribution >= 0.6 is 0 Å². The number of carbonyl (C=O) groups excluding carboxylic acids is 6. The molecule has 1 aliphatic rings. The van der Waals surface area contributed by atoms with Gasteiger partial charge in [-0.15, -0.1) is 0 Å². The van der Waals surface area contributed by atoms with E-state index in [-0.39, 0.29) is 25.9 Å². The van der Waals surface area contributed by atoms with Crippen LogP contribution < -0.4 is 16.0 Å². The number of likely N-dealkylation sites (tertiary alicyclic amines) is 1. The lowest BCUT2D eigenvalue weighted by atomic mass is 10.1. The van der Waals surface area contributed by atoms with Crippen molar-refractivity contribution in [2.75, 3.05) is 26.7 Å². The minimum Gasteiger partial charge on any atom is -0.468 e. The smallest absolute Gasteiger partial charge is 0.325 e. The van der Waals surface area contributed by atoms with Gasteiger partial charge in [-0.3, -0.25) is 24.0 Å². The fraction of sp³-hybridized carbons (Fsp3) is 0.647. The van der Waals surface area contributed by atoms with E-state index in [0.29, 0.717) is 25.7 Å². The zero-order chi connectivity index (χ0) is 21.1. The molecule has 0 aromatic rings. The number of methoxy groups -OCH3 is 1. The van der Waals surface area contributed by atoms with Gasteiger partial charge in [0.2, 0.25) is 23.6 Å². The van der Waals surface area contributed by atoms with E-state index in [1.807, 2.05) is 0 Å². The summed E-state index contributed by atoms with van der Waals surface area (Å²) < 4.78 is 4.45. The molecule has 1 saturated heterocycles. The van der Waals surface area contributed by atoms with E-state index in [9.17, 15) is 28.8 Å². The van der Waals surface area contributed by atoms with Crippen LogP contribution in [0.5, 0.6) is 0 Å². The van der Waals surface area contributed by atoms with E-state index >= 15 is 0 Å². The van der Waals surface area contributed by atoms with Gasteiger partial charge in [-0.1, -0.05) is 0 Å². The first-order valence-corrected chi connectivity index (χ1v) is 8.92. The number of amides is 4. The van der Waals surface area contributed by atoms with E-state index in [2.05, 4.69) is 20.7 Å². The number of aldehydes is 1. The van der Waals surface area contributed by atoms with Gasteiger partial charge in [0, 0.05) is 19.9 Å². The standard InChI is InChI=1S/C17H26N4O7/c1-11(23)20-12(5-4-8-22)16(26)18-9-14(24)21-7-3-6-13(21)17(27)19-10-15(25)28-2/h8,12-13H,3-7,9-10H2,1-2H3,(H,18,26)(H,19,27)(H,20,23)/t12-,13-/m0/s1. The second-order valence-corrected chi connectivity index (χ2v) is 6.25. The molecular weight excluding hydrogens is 372 g/mol. The maximum atomic E-state index is 12.4. The number of carbonyl (C=O) groups is 6. The van der Waals surface area contributed by atoms with Crippen LogP contribution in [-0.2, 0) is 33.5 Å². The molecule has 0 aromatic carbocycles. The minimum absolute atomic E-state index is 0.0842. The Bertz CT molecular complexity index is 623. The quantitative estimate of drug-likeness (QED) is 0.281. The Balaban J connectivity index is 2.58. The summed E-state index contributed by atoms with van der Waals surface area (Å²) >= 11 is 0. The van der Waals surface area contributed by atoms with Gasteiger partial charge in [-0.2, -0.15) is 0 Å². The molecule has 0 aliphatic carbocycles. The zero-order valence-electron chi connectivity index (χ0n) is 16.0. The highest BCUT2D eigenvalue weighted by atomic mass is 16.5. The fourth-order valence-electron chi connectivity index (χ4n) is 2.82. The number of hydrogen-bond donors (Lipinski definition) is 3. The number of rotatable bonds is 10. The highest BCUT2D eigenvalue weighted by molar-refractivity contribution is 5.93. The summed E-state index contributed by atoms with van der Waals surface area (Å²) in [7, 11) is 1.20. The molecule has 2 atom stereocenters. The second kappa shape index (κ2) is 11.7. The molecule has 0 aromatic heterocycles. The average molecular weight is 398 g/mol. The van der Waals surface area contributed by atoms with Crippen molar-refractivity contribution in [2.45, 2.75) is 44.7 Å². The third-order valence-electron chi connectivity index (χ3n) is 4.19. The minimum atomic E-state index is -0.923. The summed E-state index contributed by atoms with van der Waals surface area (Å²) in [5, 5.41) is 7.26. The van der Waals surface area contributed by atoms with Crippen molar-refractivity contribution in [3.63, 3.8) is 0 Å². The van der Waals surface area contributed by atoms with Crippen LogP contribution in [0.1, 0.15) is 32.6 Å². The number of hydrogen-bond acceptors (Lipinski definition) is 7. The molecule has 0 radical (unpaired) electrons. The molecule has 1 rings (SSSR count). The molecule has 3 N–H and O–H groups in total. The van der Waals surface area contributed by atoms with E-state index in [1.54, 1.807) is 0 Å². The van der Waals surface area contributed by atoms with E-state index in [0.717, 1.165) is 0 Å². The second-order valence-electron chi connectivity index (χ2n) is 6.25. The van der Waals surface area contributed by atoms with Gasteiger partial charge in [0.1, 0.15) is 24.9 Å². The average Bonchev–Trinajstić information content (AvgIpc) is 3.16. The molecule has 28 heavy (non-hydrogen) atoms. The summed E-state index contributed by atoms with van der Waals surface area (Å²) in [6.45, 7) is 0.954. The third kappa shape index (κ3) is 7.33. The van der Waals surface area contributed by atoms with Crippen LogP contribution in [0.4, 0.5) is 0 Å². The predicted octanol–water partition coefficient (Wildman–Crippen LogP) is -2.13. The van der Waals surface area contributed by atoms with E-state index in [1.165, 1.54) is 18.9 Å². The third-order valence-corrected chi connectivity index (χ3v) is 4.19.